The number of nitrogens with one attached hydrogen (secondary N) is 1. The Morgan fingerprint density at radius 1 is 1.16 bits per heavy atom. The van der Waals surface area contributed by atoms with Crippen molar-refractivity contribution in [2.75, 3.05) is 18.0 Å². The third-order valence-electron chi connectivity index (χ3n) is 5.93. The van der Waals surface area contributed by atoms with Crippen molar-refractivity contribution in [3.05, 3.63) is 69.7 Å². The Hall–Kier alpha value is -2.44. The van der Waals surface area contributed by atoms with Crippen LogP contribution in [0.15, 0.2) is 64.1 Å². The van der Waals surface area contributed by atoms with Crippen LogP contribution in [0.1, 0.15) is 26.7 Å². The van der Waals surface area contributed by atoms with Gasteiger partial charge in [0.1, 0.15) is 5.69 Å². The van der Waals surface area contributed by atoms with E-state index in [1.165, 1.54) is 0 Å². The summed E-state index contributed by atoms with van der Waals surface area (Å²) in [5.41, 5.74) is 4.84. The van der Waals surface area contributed by atoms with Crippen molar-refractivity contribution in [1.29, 1.82) is 0 Å². The van der Waals surface area contributed by atoms with E-state index in [9.17, 15) is 4.79 Å². The lowest BCUT2D eigenvalue weighted by atomic mass is 9.98. The van der Waals surface area contributed by atoms with Crippen LogP contribution in [0.25, 0.3) is 22.4 Å². The monoisotopic (exact) mass is 480 g/mol. The molecule has 0 amide bonds. The largest absolute Gasteiger partial charge is 0.363 e. The normalized spacial score (nSPS) is 16.3. The summed E-state index contributed by atoms with van der Waals surface area (Å²) in [5, 5.41) is 3.55. The average Bonchev–Trinajstić information content (AvgIpc) is 3.23. The van der Waals surface area contributed by atoms with E-state index in [2.05, 4.69) is 63.2 Å². The summed E-state index contributed by atoms with van der Waals surface area (Å²) in [5.74, 6) is 0. The van der Waals surface area contributed by atoms with Gasteiger partial charge < -0.3 is 14.8 Å². The van der Waals surface area contributed by atoms with Gasteiger partial charge >= 0.3 is 0 Å². The van der Waals surface area contributed by atoms with Crippen LogP contribution in [0.5, 0.6) is 0 Å². The van der Waals surface area contributed by atoms with Gasteiger partial charge in [0.2, 0.25) is 0 Å². The van der Waals surface area contributed by atoms with Crippen LogP contribution in [0.2, 0.25) is 0 Å². The van der Waals surface area contributed by atoms with Gasteiger partial charge in [-0.2, -0.15) is 0 Å². The van der Waals surface area contributed by atoms with E-state index in [-0.39, 0.29) is 5.56 Å². The number of hydrogen-bond donors (Lipinski definition) is 1. The minimum atomic E-state index is 0.0456. The molecule has 5 nitrogen and oxygen atoms in total. The molecule has 6 heteroatoms. The molecule has 3 aromatic rings. The van der Waals surface area contributed by atoms with Gasteiger partial charge in [-0.25, -0.2) is 0 Å². The zero-order valence-electron chi connectivity index (χ0n) is 18.3. The first-order chi connectivity index (χ1) is 15.0. The second kappa shape index (κ2) is 9.37. The highest BCUT2D eigenvalue weighted by Gasteiger charge is 2.28. The first-order valence-corrected chi connectivity index (χ1v) is 11.7. The number of nitrogens with zero attached hydrogens (tertiary/aromatic N) is 3. The Kier molecular flexibility index (Phi) is 6.58. The summed E-state index contributed by atoms with van der Waals surface area (Å²) < 4.78 is 2.79. The SMILES string of the molecule is CC(C)NCC1CCCN1c1cc(-c2ccncc2)c(-c2cccc(Br)c2)n(C)c1=O. The fourth-order valence-electron chi connectivity index (χ4n) is 4.40. The molecule has 31 heavy (non-hydrogen) atoms. The zero-order valence-corrected chi connectivity index (χ0v) is 19.9. The maximum atomic E-state index is 13.6. The van der Waals surface area contributed by atoms with Crippen LogP contribution in [-0.2, 0) is 7.05 Å². The maximum absolute atomic E-state index is 13.6. The highest BCUT2D eigenvalue weighted by molar-refractivity contribution is 9.10. The van der Waals surface area contributed by atoms with Gasteiger partial charge in [0.15, 0.2) is 0 Å². The Balaban J connectivity index is 1.87. The summed E-state index contributed by atoms with van der Waals surface area (Å²) in [7, 11) is 1.88. The van der Waals surface area contributed by atoms with Gasteiger partial charge in [-0.15, -0.1) is 0 Å². The second-order valence-electron chi connectivity index (χ2n) is 8.45. The molecule has 1 atom stereocenters. The molecule has 1 unspecified atom stereocenters. The molecule has 0 saturated carbocycles. The van der Waals surface area contributed by atoms with Crippen LogP contribution >= 0.6 is 15.9 Å². The van der Waals surface area contributed by atoms with Gasteiger partial charge in [-0.1, -0.05) is 41.9 Å². The molecule has 1 fully saturated rings. The third kappa shape index (κ3) is 4.60. The molecule has 4 rings (SSSR count). The van der Waals surface area contributed by atoms with Gasteiger partial charge in [0.25, 0.3) is 5.56 Å². The highest BCUT2D eigenvalue weighted by atomic mass is 79.9. The molecule has 1 saturated heterocycles. The van der Waals surface area contributed by atoms with Crippen LogP contribution in [0.3, 0.4) is 0 Å². The molecule has 0 spiro atoms. The number of pyridine rings is 2. The Morgan fingerprint density at radius 3 is 2.65 bits per heavy atom. The molecule has 0 aliphatic carbocycles. The minimum absolute atomic E-state index is 0.0456. The van der Waals surface area contributed by atoms with Gasteiger partial charge in [-0.3, -0.25) is 9.78 Å². The highest BCUT2D eigenvalue weighted by Crippen LogP contribution is 2.35. The summed E-state index contributed by atoms with van der Waals surface area (Å²) >= 11 is 3.58. The van der Waals surface area contributed by atoms with E-state index in [1.54, 1.807) is 17.0 Å². The average molecular weight is 481 g/mol. The van der Waals surface area contributed by atoms with Crippen molar-refractivity contribution >= 4 is 21.6 Å². The molecular formula is C25H29BrN4O. The summed E-state index contributed by atoms with van der Waals surface area (Å²) in [6, 6.07) is 15.0. The maximum Gasteiger partial charge on any atom is 0.274 e. The predicted molar refractivity (Wildman–Crippen MR) is 132 cm³/mol. The first-order valence-electron chi connectivity index (χ1n) is 10.9. The lowest BCUT2D eigenvalue weighted by molar-refractivity contribution is 0.523. The number of anilines is 1. The molecular weight excluding hydrogens is 452 g/mol. The van der Waals surface area contributed by atoms with Crippen molar-refractivity contribution in [1.82, 2.24) is 14.9 Å². The summed E-state index contributed by atoms with van der Waals surface area (Å²) in [4.78, 5) is 20.1. The van der Waals surface area contributed by atoms with E-state index in [1.807, 2.05) is 31.3 Å². The number of benzene rings is 1. The molecule has 162 valence electrons. The lowest BCUT2D eigenvalue weighted by Crippen LogP contribution is -2.42. The van der Waals surface area contributed by atoms with Crippen LogP contribution in [0, 0.1) is 0 Å². The van der Waals surface area contributed by atoms with Crippen LogP contribution < -0.4 is 15.8 Å². The number of hydrogen-bond acceptors (Lipinski definition) is 4. The molecule has 2 aromatic heterocycles. The molecule has 1 aromatic carbocycles. The van der Waals surface area contributed by atoms with Gasteiger partial charge in [0, 0.05) is 54.7 Å². The molecule has 1 N–H and O–H groups in total. The fraction of sp³-hybridized carbons (Fsp3) is 0.360. The van der Waals surface area contributed by atoms with E-state index >= 15 is 0 Å². The summed E-state index contributed by atoms with van der Waals surface area (Å²) in [6.45, 7) is 6.11. The number of aromatic nitrogens is 2. The predicted octanol–water partition coefficient (Wildman–Crippen LogP) is 4.84. The Labute approximate surface area is 192 Å². The quantitative estimate of drug-likeness (QED) is 0.547. The number of rotatable bonds is 6. The van der Waals surface area contributed by atoms with E-state index in [4.69, 9.17) is 0 Å². The lowest BCUT2D eigenvalue weighted by Gasteiger charge is -2.29. The topological polar surface area (TPSA) is 50.2 Å². The third-order valence-corrected chi connectivity index (χ3v) is 6.43. The van der Waals surface area contributed by atoms with Crippen molar-refractivity contribution in [3.63, 3.8) is 0 Å². The molecule has 1 aliphatic rings. The van der Waals surface area contributed by atoms with Gasteiger partial charge in [-0.05, 0) is 54.3 Å². The summed E-state index contributed by atoms with van der Waals surface area (Å²) in [6.07, 6.45) is 5.80. The molecule has 0 radical (unpaired) electrons. The molecule has 3 heterocycles. The first kappa shape index (κ1) is 21.8. The van der Waals surface area contributed by atoms with E-state index in [0.29, 0.717) is 12.1 Å². The standard InChI is InChI=1S/C25H29BrN4O/c1-17(2)28-16-21-8-5-13-30(21)23-15-22(18-9-11-27-12-10-18)24(29(3)25(23)31)19-6-4-7-20(26)14-19/h4,6-7,9-12,14-15,17,21,28H,5,8,13,16H2,1-3H3. The zero-order chi connectivity index (χ0) is 22.0. The van der Waals surface area contributed by atoms with Crippen molar-refractivity contribution in [3.8, 4) is 22.4 Å². The minimum Gasteiger partial charge on any atom is -0.363 e. The van der Waals surface area contributed by atoms with Gasteiger partial charge in [0.05, 0.1) is 5.69 Å². The van der Waals surface area contributed by atoms with Crippen molar-refractivity contribution < 1.29 is 0 Å². The smallest absolute Gasteiger partial charge is 0.274 e. The van der Waals surface area contributed by atoms with Crippen LogP contribution in [-0.4, -0.2) is 34.7 Å². The fourth-order valence-corrected chi connectivity index (χ4v) is 4.80. The van der Waals surface area contributed by atoms with E-state index in [0.717, 1.165) is 58.5 Å². The molecule has 0 bridgehead atoms. The number of halogens is 1. The molecule has 1 aliphatic heterocycles. The second-order valence-corrected chi connectivity index (χ2v) is 9.37. The Bertz CT molecular complexity index is 1110. The van der Waals surface area contributed by atoms with Crippen molar-refractivity contribution in [2.45, 2.75) is 38.8 Å². The Morgan fingerprint density at radius 2 is 1.94 bits per heavy atom. The van der Waals surface area contributed by atoms with Crippen LogP contribution in [0.4, 0.5) is 5.69 Å². The van der Waals surface area contributed by atoms with Crippen molar-refractivity contribution in [2.24, 2.45) is 7.05 Å². The van der Waals surface area contributed by atoms with E-state index < -0.39 is 0 Å².